The molecule has 0 radical (unpaired) electrons. The minimum atomic E-state index is -0.364. The van der Waals surface area contributed by atoms with Gasteiger partial charge in [-0.3, -0.25) is 4.79 Å². The number of hydrogen-bond acceptors (Lipinski definition) is 2. The lowest BCUT2D eigenvalue weighted by Gasteiger charge is -2.20. The van der Waals surface area contributed by atoms with E-state index in [1.54, 1.807) is 0 Å². The molecule has 16 heavy (non-hydrogen) atoms. The van der Waals surface area contributed by atoms with Crippen LogP contribution in [0.25, 0.3) is 0 Å². The van der Waals surface area contributed by atoms with Crippen molar-refractivity contribution in [2.75, 3.05) is 6.61 Å². The summed E-state index contributed by atoms with van der Waals surface area (Å²) in [5.74, 6) is -0.106. The van der Waals surface area contributed by atoms with Crippen LogP contribution in [0, 0.1) is 5.41 Å². The Bertz CT molecular complexity index is 328. The molecule has 0 spiro atoms. The van der Waals surface area contributed by atoms with Crippen molar-refractivity contribution in [1.29, 1.82) is 0 Å². The summed E-state index contributed by atoms with van der Waals surface area (Å²) >= 11 is 0. The highest BCUT2D eigenvalue weighted by Gasteiger charge is 2.26. The molecule has 0 aromatic heterocycles. The molecule has 0 bridgehead atoms. The van der Waals surface area contributed by atoms with Gasteiger partial charge in [0, 0.05) is 6.42 Å². The van der Waals surface area contributed by atoms with Gasteiger partial charge >= 0.3 is 5.97 Å². The van der Waals surface area contributed by atoms with Crippen LogP contribution in [0.5, 0.6) is 0 Å². The topological polar surface area (TPSA) is 26.3 Å². The number of hydrogen-bond donors (Lipinski definition) is 0. The van der Waals surface area contributed by atoms with Gasteiger partial charge < -0.3 is 4.74 Å². The number of carbonyl (C=O) groups is 1. The molecule has 1 aromatic carbocycles. The standard InChI is InChI=1S/C14H20O2/c1-4-14(2,3)13(15)16-11-10-12-8-6-5-7-9-12/h5-9H,4,10-11H2,1-3H3. The maximum absolute atomic E-state index is 11.7. The summed E-state index contributed by atoms with van der Waals surface area (Å²) in [5, 5.41) is 0. The number of carbonyl (C=O) groups excluding carboxylic acids is 1. The largest absolute Gasteiger partial charge is 0.465 e. The predicted octanol–water partition coefficient (Wildman–Crippen LogP) is 3.21. The van der Waals surface area contributed by atoms with E-state index in [1.807, 2.05) is 51.1 Å². The molecule has 0 heterocycles. The molecule has 1 aromatic rings. The molecule has 0 amide bonds. The molecule has 0 unspecified atom stereocenters. The van der Waals surface area contributed by atoms with Gasteiger partial charge in [0.05, 0.1) is 12.0 Å². The first-order valence-electron chi connectivity index (χ1n) is 5.77. The first-order chi connectivity index (χ1) is 7.56. The molecule has 0 aliphatic rings. The molecule has 2 nitrogen and oxygen atoms in total. The van der Waals surface area contributed by atoms with Crippen molar-refractivity contribution >= 4 is 5.97 Å². The number of rotatable bonds is 5. The predicted molar refractivity (Wildman–Crippen MR) is 65.2 cm³/mol. The van der Waals surface area contributed by atoms with Gasteiger partial charge in [-0.25, -0.2) is 0 Å². The quantitative estimate of drug-likeness (QED) is 0.712. The monoisotopic (exact) mass is 220 g/mol. The molecule has 0 fully saturated rings. The highest BCUT2D eigenvalue weighted by atomic mass is 16.5. The lowest BCUT2D eigenvalue weighted by Crippen LogP contribution is -2.26. The van der Waals surface area contributed by atoms with E-state index in [1.165, 1.54) is 5.56 Å². The van der Waals surface area contributed by atoms with Crippen LogP contribution in [0.3, 0.4) is 0 Å². The van der Waals surface area contributed by atoms with Crippen LogP contribution in [-0.4, -0.2) is 12.6 Å². The Morgan fingerprint density at radius 3 is 2.44 bits per heavy atom. The van der Waals surface area contributed by atoms with E-state index in [4.69, 9.17) is 4.74 Å². The first-order valence-corrected chi connectivity index (χ1v) is 5.77. The summed E-state index contributed by atoms with van der Waals surface area (Å²) in [6.07, 6.45) is 1.59. The molecule has 0 atom stereocenters. The average Bonchev–Trinajstić information content (AvgIpc) is 2.30. The lowest BCUT2D eigenvalue weighted by molar-refractivity contribution is -0.154. The van der Waals surface area contributed by atoms with Crippen LogP contribution in [0.2, 0.25) is 0 Å². The molecule has 0 aliphatic carbocycles. The molecule has 1 rings (SSSR count). The number of benzene rings is 1. The maximum Gasteiger partial charge on any atom is 0.311 e. The zero-order valence-electron chi connectivity index (χ0n) is 10.3. The van der Waals surface area contributed by atoms with E-state index < -0.39 is 0 Å². The van der Waals surface area contributed by atoms with Gasteiger partial charge in [0.15, 0.2) is 0 Å². The highest BCUT2D eigenvalue weighted by Crippen LogP contribution is 2.21. The van der Waals surface area contributed by atoms with E-state index in [0.717, 1.165) is 12.8 Å². The van der Waals surface area contributed by atoms with Gasteiger partial charge in [0.1, 0.15) is 0 Å². The van der Waals surface area contributed by atoms with Crippen LogP contribution in [0.15, 0.2) is 30.3 Å². The molecular formula is C14H20O2. The van der Waals surface area contributed by atoms with Gasteiger partial charge in [-0.2, -0.15) is 0 Å². The summed E-state index contributed by atoms with van der Waals surface area (Å²) in [7, 11) is 0. The van der Waals surface area contributed by atoms with Gasteiger partial charge in [-0.05, 0) is 25.8 Å². The van der Waals surface area contributed by atoms with E-state index in [0.29, 0.717) is 6.61 Å². The minimum Gasteiger partial charge on any atom is -0.465 e. The zero-order valence-corrected chi connectivity index (χ0v) is 10.3. The fourth-order valence-electron chi connectivity index (χ4n) is 1.25. The zero-order chi connectivity index (χ0) is 12.0. The fraction of sp³-hybridized carbons (Fsp3) is 0.500. The smallest absolute Gasteiger partial charge is 0.311 e. The van der Waals surface area contributed by atoms with Gasteiger partial charge in [0.2, 0.25) is 0 Å². The van der Waals surface area contributed by atoms with Crippen molar-refractivity contribution < 1.29 is 9.53 Å². The Hall–Kier alpha value is -1.31. The third kappa shape index (κ3) is 3.69. The van der Waals surface area contributed by atoms with Crippen LogP contribution in [0.1, 0.15) is 32.8 Å². The second-order valence-corrected chi connectivity index (χ2v) is 4.61. The van der Waals surface area contributed by atoms with E-state index in [-0.39, 0.29) is 11.4 Å². The summed E-state index contributed by atoms with van der Waals surface area (Å²) in [5.41, 5.74) is 0.834. The summed E-state index contributed by atoms with van der Waals surface area (Å²) in [4.78, 5) is 11.7. The molecule has 0 saturated carbocycles. The second-order valence-electron chi connectivity index (χ2n) is 4.61. The molecular weight excluding hydrogens is 200 g/mol. The third-order valence-corrected chi connectivity index (χ3v) is 2.90. The summed E-state index contributed by atoms with van der Waals surface area (Å²) in [6, 6.07) is 10.0. The molecule has 0 aliphatic heterocycles. The second kappa shape index (κ2) is 5.69. The lowest BCUT2D eigenvalue weighted by atomic mass is 9.91. The van der Waals surface area contributed by atoms with Crippen molar-refractivity contribution in [2.24, 2.45) is 5.41 Å². The number of ether oxygens (including phenoxy) is 1. The normalized spacial score (nSPS) is 11.2. The van der Waals surface area contributed by atoms with Crippen LogP contribution >= 0.6 is 0 Å². The summed E-state index contributed by atoms with van der Waals surface area (Å²) < 4.78 is 5.26. The first kappa shape index (κ1) is 12.8. The Morgan fingerprint density at radius 1 is 1.25 bits per heavy atom. The Morgan fingerprint density at radius 2 is 1.88 bits per heavy atom. The van der Waals surface area contributed by atoms with Crippen molar-refractivity contribution in [3.05, 3.63) is 35.9 Å². The maximum atomic E-state index is 11.7. The van der Waals surface area contributed by atoms with Crippen molar-refractivity contribution in [2.45, 2.75) is 33.6 Å². The van der Waals surface area contributed by atoms with E-state index in [9.17, 15) is 4.79 Å². The fourth-order valence-corrected chi connectivity index (χ4v) is 1.25. The SMILES string of the molecule is CCC(C)(C)C(=O)OCCc1ccccc1. The van der Waals surface area contributed by atoms with Gasteiger partial charge in [-0.1, -0.05) is 37.3 Å². The number of esters is 1. The van der Waals surface area contributed by atoms with Gasteiger partial charge in [0.25, 0.3) is 0 Å². The van der Waals surface area contributed by atoms with Crippen LogP contribution in [-0.2, 0) is 16.0 Å². The van der Waals surface area contributed by atoms with E-state index >= 15 is 0 Å². The molecule has 2 heteroatoms. The van der Waals surface area contributed by atoms with Gasteiger partial charge in [-0.15, -0.1) is 0 Å². The molecule has 0 N–H and O–H groups in total. The highest BCUT2D eigenvalue weighted by molar-refractivity contribution is 5.75. The van der Waals surface area contributed by atoms with Crippen molar-refractivity contribution in [3.63, 3.8) is 0 Å². The van der Waals surface area contributed by atoms with Crippen LogP contribution < -0.4 is 0 Å². The Kier molecular flexibility index (Phi) is 4.53. The third-order valence-electron chi connectivity index (χ3n) is 2.90. The average molecular weight is 220 g/mol. The van der Waals surface area contributed by atoms with E-state index in [2.05, 4.69) is 0 Å². The van der Waals surface area contributed by atoms with Crippen LogP contribution in [0.4, 0.5) is 0 Å². The minimum absolute atomic E-state index is 0.106. The summed E-state index contributed by atoms with van der Waals surface area (Å²) in [6.45, 7) is 6.29. The Balaban J connectivity index is 2.34. The molecule has 0 saturated heterocycles. The molecule has 88 valence electrons. The van der Waals surface area contributed by atoms with Crippen molar-refractivity contribution in [3.8, 4) is 0 Å². The Labute approximate surface area is 97.6 Å². The van der Waals surface area contributed by atoms with Crippen molar-refractivity contribution in [1.82, 2.24) is 0 Å².